The molecule has 2 aromatic rings. The fourth-order valence-corrected chi connectivity index (χ4v) is 2.42. The summed E-state index contributed by atoms with van der Waals surface area (Å²) in [6.45, 7) is 6.38. The highest BCUT2D eigenvalue weighted by molar-refractivity contribution is 5.77. The van der Waals surface area contributed by atoms with Crippen LogP contribution in [0.15, 0.2) is 28.8 Å². The molecule has 1 heterocycles. The highest BCUT2D eigenvalue weighted by Gasteiger charge is 2.15. The molecule has 2 rings (SSSR count). The highest BCUT2D eigenvalue weighted by atomic mass is 16.5. The second-order valence-electron chi connectivity index (χ2n) is 5.80. The van der Waals surface area contributed by atoms with Gasteiger partial charge in [0.05, 0.1) is 20.2 Å². The molecule has 0 saturated carbocycles. The molecule has 0 spiro atoms. The molecule has 0 fully saturated rings. The van der Waals surface area contributed by atoms with E-state index in [9.17, 15) is 4.79 Å². The van der Waals surface area contributed by atoms with Gasteiger partial charge in [0, 0.05) is 12.1 Å². The number of ether oxygens (including phenoxy) is 1. The molecule has 136 valence electrons. The molecule has 0 radical (unpaired) electrons. The first-order valence-electron chi connectivity index (χ1n) is 8.62. The van der Waals surface area contributed by atoms with E-state index in [2.05, 4.69) is 22.4 Å². The maximum atomic E-state index is 11.9. The summed E-state index contributed by atoms with van der Waals surface area (Å²) in [4.78, 5) is 18.4. The Hall–Kier alpha value is -2.41. The number of rotatable bonds is 10. The van der Waals surface area contributed by atoms with E-state index < -0.39 is 0 Å². The van der Waals surface area contributed by atoms with E-state index in [1.54, 1.807) is 7.11 Å². The van der Waals surface area contributed by atoms with Gasteiger partial charge in [0.25, 0.3) is 0 Å². The number of carbonyl (C=O) groups excluding carboxylic acids is 1. The van der Waals surface area contributed by atoms with Crippen molar-refractivity contribution in [1.82, 2.24) is 20.4 Å². The van der Waals surface area contributed by atoms with Gasteiger partial charge in [-0.15, -0.1) is 0 Å². The minimum atomic E-state index is 0.0187. The number of aromatic nitrogens is 2. The summed E-state index contributed by atoms with van der Waals surface area (Å²) < 4.78 is 10.5. The van der Waals surface area contributed by atoms with Gasteiger partial charge in [-0.05, 0) is 43.7 Å². The van der Waals surface area contributed by atoms with E-state index >= 15 is 0 Å². The van der Waals surface area contributed by atoms with E-state index in [1.807, 2.05) is 36.1 Å². The molecule has 0 aliphatic heterocycles. The number of nitrogens with one attached hydrogen (secondary N) is 1. The number of amides is 1. The SMILES string of the molecule is CCCNC(=O)CN(CCC)Cc1nc(-c2ccc(OC)cc2)no1. The van der Waals surface area contributed by atoms with Crippen molar-refractivity contribution >= 4 is 5.91 Å². The zero-order chi connectivity index (χ0) is 18.1. The molecule has 0 saturated heterocycles. The van der Waals surface area contributed by atoms with Gasteiger partial charge in [-0.25, -0.2) is 0 Å². The number of nitrogens with zero attached hydrogens (tertiary/aromatic N) is 3. The van der Waals surface area contributed by atoms with Crippen molar-refractivity contribution < 1.29 is 14.1 Å². The monoisotopic (exact) mass is 346 g/mol. The summed E-state index contributed by atoms with van der Waals surface area (Å²) in [6, 6.07) is 7.48. The minimum absolute atomic E-state index is 0.0187. The number of benzene rings is 1. The van der Waals surface area contributed by atoms with E-state index in [0.29, 0.717) is 31.3 Å². The Kier molecular flexibility index (Phi) is 7.40. The molecule has 0 aliphatic carbocycles. The molecule has 1 N–H and O–H groups in total. The van der Waals surface area contributed by atoms with Crippen LogP contribution in [0.2, 0.25) is 0 Å². The van der Waals surface area contributed by atoms with Gasteiger partial charge in [0.15, 0.2) is 0 Å². The zero-order valence-electron chi connectivity index (χ0n) is 15.1. The molecule has 0 unspecified atom stereocenters. The van der Waals surface area contributed by atoms with Crippen molar-refractivity contribution in [1.29, 1.82) is 0 Å². The second-order valence-corrected chi connectivity index (χ2v) is 5.80. The quantitative estimate of drug-likeness (QED) is 0.712. The average Bonchev–Trinajstić information content (AvgIpc) is 3.08. The van der Waals surface area contributed by atoms with Gasteiger partial charge in [-0.3, -0.25) is 9.69 Å². The van der Waals surface area contributed by atoms with Crippen LogP contribution in [0.25, 0.3) is 11.4 Å². The lowest BCUT2D eigenvalue weighted by Gasteiger charge is -2.18. The van der Waals surface area contributed by atoms with Crippen molar-refractivity contribution in [2.75, 3.05) is 26.7 Å². The van der Waals surface area contributed by atoms with Crippen LogP contribution < -0.4 is 10.1 Å². The third-order valence-corrected chi connectivity index (χ3v) is 3.65. The summed E-state index contributed by atoms with van der Waals surface area (Å²) in [5.74, 6) is 1.83. The van der Waals surface area contributed by atoms with E-state index in [-0.39, 0.29) is 5.91 Å². The molecule has 7 nitrogen and oxygen atoms in total. The number of methoxy groups -OCH3 is 1. The van der Waals surface area contributed by atoms with Gasteiger partial charge in [0.2, 0.25) is 17.6 Å². The number of hydrogen-bond acceptors (Lipinski definition) is 6. The summed E-state index contributed by atoms with van der Waals surface area (Å²) in [7, 11) is 1.63. The topological polar surface area (TPSA) is 80.5 Å². The lowest BCUT2D eigenvalue weighted by Crippen LogP contribution is -2.37. The normalized spacial score (nSPS) is 10.9. The van der Waals surface area contributed by atoms with Crippen molar-refractivity contribution in [3.05, 3.63) is 30.2 Å². The van der Waals surface area contributed by atoms with Crippen molar-refractivity contribution in [2.24, 2.45) is 0 Å². The fraction of sp³-hybridized carbons (Fsp3) is 0.500. The Bertz CT molecular complexity index is 655. The molecule has 0 bridgehead atoms. The van der Waals surface area contributed by atoms with Gasteiger partial charge < -0.3 is 14.6 Å². The van der Waals surface area contributed by atoms with Gasteiger partial charge >= 0.3 is 0 Å². The molecule has 25 heavy (non-hydrogen) atoms. The first-order valence-corrected chi connectivity index (χ1v) is 8.62. The minimum Gasteiger partial charge on any atom is -0.497 e. The number of carbonyl (C=O) groups is 1. The van der Waals surface area contributed by atoms with E-state index in [4.69, 9.17) is 9.26 Å². The zero-order valence-corrected chi connectivity index (χ0v) is 15.1. The molecular formula is C18H26N4O3. The summed E-state index contributed by atoms with van der Waals surface area (Å²) >= 11 is 0. The third kappa shape index (κ3) is 5.86. The molecule has 1 amide bonds. The standard InChI is InChI=1S/C18H26N4O3/c1-4-10-19-16(23)12-22(11-5-2)13-17-20-18(21-25-17)14-6-8-15(24-3)9-7-14/h6-9H,4-5,10-13H2,1-3H3,(H,19,23). The van der Waals surface area contributed by atoms with Crippen LogP contribution in [0.5, 0.6) is 5.75 Å². The Morgan fingerprint density at radius 3 is 2.64 bits per heavy atom. The average molecular weight is 346 g/mol. The van der Waals surface area contributed by atoms with Gasteiger partial charge in [0.1, 0.15) is 5.75 Å². The summed E-state index contributed by atoms with van der Waals surface area (Å²) in [6.07, 6.45) is 1.87. The molecule has 1 aromatic carbocycles. The largest absolute Gasteiger partial charge is 0.497 e. The van der Waals surface area contributed by atoms with E-state index in [1.165, 1.54) is 0 Å². The smallest absolute Gasteiger partial charge is 0.241 e. The van der Waals surface area contributed by atoms with Gasteiger partial charge in [-0.1, -0.05) is 19.0 Å². The van der Waals surface area contributed by atoms with Crippen molar-refractivity contribution in [2.45, 2.75) is 33.2 Å². The highest BCUT2D eigenvalue weighted by Crippen LogP contribution is 2.20. The fourth-order valence-electron chi connectivity index (χ4n) is 2.42. The molecular weight excluding hydrogens is 320 g/mol. The second kappa shape index (κ2) is 9.78. The molecule has 7 heteroatoms. The van der Waals surface area contributed by atoms with Crippen LogP contribution in [0, 0.1) is 0 Å². The third-order valence-electron chi connectivity index (χ3n) is 3.65. The Labute approximate surface area is 148 Å². The van der Waals surface area contributed by atoms with Crippen LogP contribution >= 0.6 is 0 Å². The maximum Gasteiger partial charge on any atom is 0.241 e. The number of hydrogen-bond donors (Lipinski definition) is 1. The molecule has 0 aliphatic rings. The van der Waals surface area contributed by atoms with E-state index in [0.717, 1.165) is 30.7 Å². The Morgan fingerprint density at radius 2 is 2.00 bits per heavy atom. The first-order chi connectivity index (χ1) is 12.2. The lowest BCUT2D eigenvalue weighted by molar-refractivity contribution is -0.122. The molecule has 0 atom stereocenters. The first kappa shape index (κ1) is 18.9. The predicted octanol–water partition coefficient (Wildman–Crippen LogP) is 2.48. The molecule has 1 aromatic heterocycles. The van der Waals surface area contributed by atoms with Crippen LogP contribution in [-0.2, 0) is 11.3 Å². The van der Waals surface area contributed by atoms with Crippen LogP contribution in [-0.4, -0.2) is 47.7 Å². The summed E-state index contributed by atoms with van der Waals surface area (Å²) in [5.41, 5.74) is 0.860. The Balaban J connectivity index is 1.99. The predicted molar refractivity (Wildman–Crippen MR) is 95.2 cm³/mol. The van der Waals surface area contributed by atoms with Crippen molar-refractivity contribution in [3.63, 3.8) is 0 Å². The van der Waals surface area contributed by atoms with Crippen LogP contribution in [0.4, 0.5) is 0 Å². The van der Waals surface area contributed by atoms with Crippen LogP contribution in [0.3, 0.4) is 0 Å². The lowest BCUT2D eigenvalue weighted by atomic mass is 10.2. The van der Waals surface area contributed by atoms with Gasteiger partial charge in [-0.2, -0.15) is 4.98 Å². The maximum absolute atomic E-state index is 11.9. The Morgan fingerprint density at radius 1 is 1.24 bits per heavy atom. The van der Waals surface area contributed by atoms with Crippen molar-refractivity contribution in [3.8, 4) is 17.1 Å². The summed E-state index contributed by atoms with van der Waals surface area (Å²) in [5, 5.41) is 6.92. The van der Waals surface area contributed by atoms with Crippen LogP contribution in [0.1, 0.15) is 32.6 Å².